The van der Waals surface area contributed by atoms with E-state index in [-0.39, 0.29) is 29.1 Å². The van der Waals surface area contributed by atoms with Gasteiger partial charge in [-0.15, -0.1) is 0 Å². The number of rotatable bonds is 7. The lowest BCUT2D eigenvalue weighted by Crippen LogP contribution is -2.68. The summed E-state index contributed by atoms with van der Waals surface area (Å²) >= 11 is 6.01. The van der Waals surface area contributed by atoms with Gasteiger partial charge in [0.1, 0.15) is 5.75 Å². The summed E-state index contributed by atoms with van der Waals surface area (Å²) in [6.45, 7) is 0.774. The predicted octanol–water partition coefficient (Wildman–Crippen LogP) is 5.13. The Hall–Kier alpha value is -2.03. The van der Waals surface area contributed by atoms with Gasteiger partial charge in [-0.1, -0.05) is 11.6 Å². The van der Waals surface area contributed by atoms with Gasteiger partial charge < -0.3 is 19.1 Å². The molecule has 0 amide bonds. The van der Waals surface area contributed by atoms with Crippen molar-refractivity contribution in [1.29, 1.82) is 0 Å². The Morgan fingerprint density at radius 2 is 2.06 bits per heavy atom. The van der Waals surface area contributed by atoms with Gasteiger partial charge in [0.25, 0.3) is 0 Å². The molecule has 34 heavy (non-hydrogen) atoms. The fraction of sp³-hybridized carbons (Fsp3) is 0.600. The fourth-order valence-corrected chi connectivity index (χ4v) is 6.68. The van der Waals surface area contributed by atoms with Crippen LogP contribution in [0.25, 0.3) is 0 Å². The van der Waals surface area contributed by atoms with Crippen molar-refractivity contribution in [2.45, 2.75) is 87.7 Å². The molecule has 7 rings (SSSR count). The molecule has 5 aliphatic rings. The van der Waals surface area contributed by atoms with E-state index in [0.717, 1.165) is 31.9 Å². The number of hydrogen-bond donors (Lipinski definition) is 1. The molecule has 1 aromatic carbocycles. The van der Waals surface area contributed by atoms with Crippen molar-refractivity contribution in [3.05, 3.63) is 47.0 Å². The summed E-state index contributed by atoms with van der Waals surface area (Å²) in [6.07, 6.45) is 3.54. The average molecular weight is 493 g/mol. The number of Topliss-reactive ketones (excluding diaryl/α,β-unsaturated/α-hetero) is 1. The molecule has 4 aliphatic carbocycles. The van der Waals surface area contributed by atoms with E-state index < -0.39 is 24.4 Å². The van der Waals surface area contributed by atoms with Crippen LogP contribution in [0.15, 0.2) is 30.7 Å². The van der Waals surface area contributed by atoms with Crippen molar-refractivity contribution in [1.82, 2.24) is 9.55 Å². The van der Waals surface area contributed by atoms with Crippen LogP contribution in [0, 0.1) is 5.41 Å². The van der Waals surface area contributed by atoms with Crippen LogP contribution in [0.5, 0.6) is 5.75 Å². The maximum Gasteiger partial charge on any atom is 0.353 e. The second-order valence-electron chi connectivity index (χ2n) is 10.9. The van der Waals surface area contributed by atoms with Crippen LogP contribution in [-0.4, -0.2) is 38.8 Å². The minimum atomic E-state index is -3.09. The standard InChI is InChI=1S/C25H27ClF2N2O4/c1-23(27,28)34-16-4-14(5-16)18-9-30(13-29-18)25-10-24(11-25,12-25)8-20(32)22-7-19(31)17-6-15(26)2-3-21(17)33-22/h2-3,6,9,13-14,16,19,22,31H,4-5,7-8,10-12H2,1H3/t14?,16?,19-,22-,24?,25?/m1/s1. The van der Waals surface area contributed by atoms with Crippen LogP contribution in [-0.2, 0) is 15.1 Å². The van der Waals surface area contributed by atoms with E-state index in [4.69, 9.17) is 21.1 Å². The molecular weight excluding hydrogens is 466 g/mol. The van der Waals surface area contributed by atoms with E-state index in [1.54, 1.807) is 18.2 Å². The van der Waals surface area contributed by atoms with Gasteiger partial charge in [0.05, 0.1) is 24.2 Å². The molecule has 1 aromatic heterocycles. The Morgan fingerprint density at radius 1 is 1.32 bits per heavy atom. The molecule has 1 aliphatic heterocycles. The topological polar surface area (TPSA) is 73.6 Å². The summed E-state index contributed by atoms with van der Waals surface area (Å²) in [5, 5.41) is 11.0. The van der Waals surface area contributed by atoms with E-state index in [1.165, 1.54) is 0 Å². The van der Waals surface area contributed by atoms with Crippen molar-refractivity contribution < 1.29 is 28.2 Å². The number of benzene rings is 1. The first kappa shape index (κ1) is 22.4. The molecule has 4 fully saturated rings. The van der Waals surface area contributed by atoms with Gasteiger partial charge in [-0.25, -0.2) is 4.98 Å². The Bertz CT molecular complexity index is 1120. The molecule has 2 heterocycles. The molecule has 182 valence electrons. The molecule has 0 saturated heterocycles. The van der Waals surface area contributed by atoms with E-state index in [0.29, 0.717) is 35.6 Å². The molecule has 1 N–H and O–H groups in total. The predicted molar refractivity (Wildman–Crippen MR) is 119 cm³/mol. The van der Waals surface area contributed by atoms with Gasteiger partial charge >= 0.3 is 6.11 Å². The summed E-state index contributed by atoms with van der Waals surface area (Å²) in [5.74, 6) is 0.712. The first-order valence-electron chi connectivity index (χ1n) is 11.8. The third-order valence-electron chi connectivity index (χ3n) is 8.09. The normalized spacial score (nSPS) is 35.9. The smallest absolute Gasteiger partial charge is 0.353 e. The zero-order valence-electron chi connectivity index (χ0n) is 18.8. The fourth-order valence-electron chi connectivity index (χ4n) is 6.50. The van der Waals surface area contributed by atoms with Gasteiger partial charge in [-0.3, -0.25) is 4.79 Å². The number of aliphatic hydroxyl groups is 1. The number of imidazole rings is 1. The highest BCUT2D eigenvalue weighted by molar-refractivity contribution is 6.30. The zero-order chi connectivity index (χ0) is 23.9. The summed E-state index contributed by atoms with van der Waals surface area (Å²) in [7, 11) is 0. The molecule has 0 unspecified atom stereocenters. The van der Waals surface area contributed by atoms with E-state index in [9.17, 15) is 18.7 Å². The molecule has 2 bridgehead atoms. The summed E-state index contributed by atoms with van der Waals surface area (Å²) in [4.78, 5) is 17.5. The maximum atomic E-state index is 13.0. The number of ketones is 1. The van der Waals surface area contributed by atoms with Gasteiger partial charge in [0.15, 0.2) is 11.9 Å². The lowest BCUT2D eigenvalue weighted by atomic mass is 9.38. The molecule has 6 nitrogen and oxygen atoms in total. The van der Waals surface area contributed by atoms with Crippen molar-refractivity contribution in [2.75, 3.05) is 0 Å². The maximum absolute atomic E-state index is 13.0. The number of hydrogen-bond acceptors (Lipinski definition) is 5. The van der Waals surface area contributed by atoms with Gasteiger partial charge in [-0.05, 0) is 55.7 Å². The Morgan fingerprint density at radius 3 is 2.76 bits per heavy atom. The van der Waals surface area contributed by atoms with Crippen molar-refractivity contribution in [3.8, 4) is 5.75 Å². The highest BCUT2D eigenvalue weighted by Gasteiger charge is 2.69. The van der Waals surface area contributed by atoms with Crippen molar-refractivity contribution in [2.24, 2.45) is 5.41 Å². The Balaban J connectivity index is 1.03. The van der Waals surface area contributed by atoms with E-state index >= 15 is 0 Å². The minimum absolute atomic E-state index is 0.00177. The van der Waals surface area contributed by atoms with Crippen molar-refractivity contribution in [3.63, 3.8) is 0 Å². The largest absolute Gasteiger partial charge is 0.482 e. The monoisotopic (exact) mass is 492 g/mol. The van der Waals surface area contributed by atoms with Gasteiger partial charge in [0.2, 0.25) is 0 Å². The second-order valence-corrected chi connectivity index (χ2v) is 11.3. The highest BCUT2D eigenvalue weighted by Crippen LogP contribution is 2.73. The lowest BCUT2D eigenvalue weighted by Gasteiger charge is -2.71. The molecule has 4 saturated carbocycles. The first-order chi connectivity index (χ1) is 16.0. The van der Waals surface area contributed by atoms with Crippen LogP contribution in [0.1, 0.15) is 75.1 Å². The Labute approximate surface area is 201 Å². The van der Waals surface area contributed by atoms with Crippen LogP contribution in [0.3, 0.4) is 0 Å². The van der Waals surface area contributed by atoms with Gasteiger partial charge in [0, 0.05) is 48.0 Å². The zero-order valence-corrected chi connectivity index (χ0v) is 19.6. The molecule has 0 spiro atoms. The molecule has 2 atom stereocenters. The average Bonchev–Trinajstić information content (AvgIpc) is 3.14. The number of aromatic nitrogens is 2. The number of carbonyl (C=O) groups excluding carboxylic acids is 1. The summed E-state index contributed by atoms with van der Waals surface area (Å²) < 4.78 is 38.8. The lowest BCUT2D eigenvalue weighted by molar-refractivity contribution is -0.264. The quantitative estimate of drug-likeness (QED) is 0.579. The number of alkyl halides is 2. The van der Waals surface area contributed by atoms with Gasteiger partial charge in [-0.2, -0.15) is 8.78 Å². The number of halogens is 3. The SMILES string of the molecule is CC(F)(F)OC1CC(c2cn(C34CC(CC(=O)[C@H]5C[C@@H](O)c6cc(Cl)ccc6O5)(C3)C4)cn2)C1. The summed E-state index contributed by atoms with van der Waals surface area (Å²) in [6, 6.07) is 5.08. The number of nitrogens with zero attached hydrogens (tertiary/aromatic N) is 2. The number of ether oxygens (including phenoxy) is 2. The Kier molecular flexibility index (Phi) is 4.94. The summed E-state index contributed by atoms with van der Waals surface area (Å²) in [5.41, 5.74) is 1.57. The third-order valence-corrected chi connectivity index (χ3v) is 8.33. The number of fused-ring (bicyclic) bond motifs is 1. The van der Waals surface area contributed by atoms with E-state index in [2.05, 4.69) is 9.55 Å². The molecular formula is C25H27ClF2N2O4. The van der Waals surface area contributed by atoms with Crippen LogP contribution < -0.4 is 4.74 Å². The first-order valence-corrected chi connectivity index (χ1v) is 12.2. The second kappa shape index (κ2) is 7.48. The number of carbonyl (C=O) groups is 1. The third kappa shape index (κ3) is 3.74. The highest BCUT2D eigenvalue weighted by atomic mass is 35.5. The van der Waals surface area contributed by atoms with Crippen LogP contribution in [0.2, 0.25) is 5.02 Å². The van der Waals surface area contributed by atoms with Crippen LogP contribution >= 0.6 is 11.6 Å². The molecule has 0 radical (unpaired) electrons. The number of aliphatic hydroxyl groups excluding tert-OH is 1. The minimum Gasteiger partial charge on any atom is -0.482 e. The van der Waals surface area contributed by atoms with Crippen LogP contribution in [0.4, 0.5) is 8.78 Å². The van der Waals surface area contributed by atoms with Crippen molar-refractivity contribution >= 4 is 17.4 Å². The van der Waals surface area contributed by atoms with E-state index in [1.807, 2.05) is 12.5 Å². The molecule has 9 heteroatoms. The molecule has 2 aromatic rings.